The van der Waals surface area contributed by atoms with Crippen LogP contribution >= 0.6 is 0 Å². The van der Waals surface area contributed by atoms with Crippen LogP contribution in [-0.4, -0.2) is 29.7 Å². The lowest BCUT2D eigenvalue weighted by Crippen LogP contribution is -2.43. The van der Waals surface area contributed by atoms with Crippen LogP contribution in [0.3, 0.4) is 0 Å². The SMILES string of the molecule is CN(C(=O)OC(C)(C)C)[C@@H]1CCC[C@@H](CC(C)(C)C)C1. The average Bonchev–Trinajstić information content (AvgIpc) is 2.23. The highest BCUT2D eigenvalue weighted by Crippen LogP contribution is 2.35. The molecule has 0 radical (unpaired) electrons. The first-order chi connectivity index (χ1) is 8.98. The molecule has 3 nitrogen and oxygen atoms in total. The van der Waals surface area contributed by atoms with E-state index in [1.165, 1.54) is 19.3 Å². The second kappa shape index (κ2) is 6.36. The zero-order valence-corrected chi connectivity index (χ0v) is 14.5. The fourth-order valence-corrected chi connectivity index (χ4v) is 3.15. The highest BCUT2D eigenvalue weighted by Gasteiger charge is 2.31. The maximum absolute atomic E-state index is 12.2. The van der Waals surface area contributed by atoms with E-state index in [2.05, 4.69) is 20.8 Å². The summed E-state index contributed by atoms with van der Waals surface area (Å²) in [7, 11) is 1.89. The van der Waals surface area contributed by atoms with E-state index in [1.807, 2.05) is 32.7 Å². The predicted octanol–water partition coefficient (Wildman–Crippen LogP) is 4.85. The number of carbonyl (C=O) groups excluding carboxylic acids is 1. The molecule has 0 heterocycles. The third-order valence-corrected chi connectivity index (χ3v) is 3.89. The molecule has 1 fully saturated rings. The Morgan fingerprint density at radius 2 is 1.75 bits per heavy atom. The van der Waals surface area contributed by atoms with Crippen LogP contribution in [0.25, 0.3) is 0 Å². The summed E-state index contributed by atoms with van der Waals surface area (Å²) in [6.45, 7) is 12.7. The van der Waals surface area contributed by atoms with Crippen molar-refractivity contribution in [3.05, 3.63) is 0 Å². The van der Waals surface area contributed by atoms with Crippen molar-refractivity contribution in [1.29, 1.82) is 0 Å². The van der Waals surface area contributed by atoms with Crippen LogP contribution in [0, 0.1) is 11.3 Å². The van der Waals surface area contributed by atoms with E-state index in [4.69, 9.17) is 4.74 Å². The van der Waals surface area contributed by atoms with Crippen molar-refractivity contribution >= 4 is 6.09 Å². The Hall–Kier alpha value is -0.730. The Balaban J connectivity index is 2.56. The van der Waals surface area contributed by atoms with E-state index in [0.717, 1.165) is 18.8 Å². The molecule has 2 atom stereocenters. The van der Waals surface area contributed by atoms with Crippen LogP contribution in [0.15, 0.2) is 0 Å². The van der Waals surface area contributed by atoms with Crippen LogP contribution in [-0.2, 0) is 4.74 Å². The second-order valence-electron chi connectivity index (χ2n) is 8.54. The third-order valence-electron chi connectivity index (χ3n) is 3.89. The van der Waals surface area contributed by atoms with Gasteiger partial charge in [-0.05, 0) is 51.4 Å². The fourth-order valence-electron chi connectivity index (χ4n) is 3.15. The number of hydrogen-bond donors (Lipinski definition) is 0. The van der Waals surface area contributed by atoms with Gasteiger partial charge < -0.3 is 9.64 Å². The van der Waals surface area contributed by atoms with Crippen LogP contribution < -0.4 is 0 Å². The van der Waals surface area contributed by atoms with Gasteiger partial charge in [-0.1, -0.05) is 33.6 Å². The van der Waals surface area contributed by atoms with Gasteiger partial charge in [-0.15, -0.1) is 0 Å². The van der Waals surface area contributed by atoms with Gasteiger partial charge in [0.25, 0.3) is 0 Å². The lowest BCUT2D eigenvalue weighted by molar-refractivity contribution is 0.0153. The lowest BCUT2D eigenvalue weighted by Gasteiger charge is -2.38. The fraction of sp³-hybridized carbons (Fsp3) is 0.941. The summed E-state index contributed by atoms with van der Waals surface area (Å²) in [5.74, 6) is 0.735. The predicted molar refractivity (Wildman–Crippen MR) is 83.8 cm³/mol. The molecule has 20 heavy (non-hydrogen) atoms. The topological polar surface area (TPSA) is 29.5 Å². The Kier molecular flexibility index (Phi) is 5.51. The summed E-state index contributed by atoms with van der Waals surface area (Å²) in [5, 5.41) is 0. The number of carbonyl (C=O) groups is 1. The summed E-state index contributed by atoms with van der Waals surface area (Å²) in [4.78, 5) is 14.0. The Bertz CT molecular complexity index is 325. The minimum atomic E-state index is -0.412. The molecule has 0 spiro atoms. The van der Waals surface area contributed by atoms with Crippen LogP contribution in [0.2, 0.25) is 0 Å². The summed E-state index contributed by atoms with van der Waals surface area (Å²) in [6, 6.07) is 0.339. The van der Waals surface area contributed by atoms with Gasteiger partial charge in [0, 0.05) is 13.1 Å². The van der Waals surface area contributed by atoms with Crippen molar-refractivity contribution in [3.63, 3.8) is 0 Å². The molecule has 1 amide bonds. The number of nitrogens with zero attached hydrogens (tertiary/aromatic N) is 1. The standard InChI is InChI=1S/C17H33NO2/c1-16(2,3)12-13-9-8-10-14(11-13)18(7)15(19)20-17(4,5)6/h13-14H,8-12H2,1-7H3/t13-,14-/m1/s1. The monoisotopic (exact) mass is 283 g/mol. The second-order valence-corrected chi connectivity index (χ2v) is 8.54. The molecule has 0 N–H and O–H groups in total. The maximum atomic E-state index is 12.2. The van der Waals surface area contributed by atoms with E-state index in [-0.39, 0.29) is 6.09 Å². The number of hydrogen-bond acceptors (Lipinski definition) is 2. The Morgan fingerprint density at radius 3 is 2.25 bits per heavy atom. The molecule has 1 rings (SSSR count). The van der Waals surface area contributed by atoms with Crippen LogP contribution in [0.5, 0.6) is 0 Å². The molecular weight excluding hydrogens is 250 g/mol. The molecule has 0 aromatic carbocycles. The average molecular weight is 283 g/mol. The summed E-state index contributed by atoms with van der Waals surface area (Å²) >= 11 is 0. The van der Waals surface area contributed by atoms with E-state index in [1.54, 1.807) is 0 Å². The molecule has 0 aromatic heterocycles. The molecule has 1 aliphatic rings. The molecule has 1 aliphatic carbocycles. The highest BCUT2D eigenvalue weighted by molar-refractivity contribution is 5.68. The Morgan fingerprint density at radius 1 is 1.15 bits per heavy atom. The van der Waals surface area contributed by atoms with E-state index in [9.17, 15) is 4.79 Å². The molecule has 0 saturated heterocycles. The quantitative estimate of drug-likeness (QED) is 0.725. The molecular formula is C17H33NO2. The summed E-state index contributed by atoms with van der Waals surface area (Å²) < 4.78 is 5.48. The van der Waals surface area contributed by atoms with E-state index >= 15 is 0 Å². The highest BCUT2D eigenvalue weighted by atomic mass is 16.6. The van der Waals surface area contributed by atoms with E-state index in [0.29, 0.717) is 11.5 Å². The van der Waals surface area contributed by atoms with Gasteiger partial charge in [0.05, 0.1) is 0 Å². The molecule has 3 heteroatoms. The van der Waals surface area contributed by atoms with Gasteiger partial charge in [0.2, 0.25) is 0 Å². The largest absolute Gasteiger partial charge is 0.444 e. The van der Waals surface area contributed by atoms with E-state index < -0.39 is 5.60 Å². The lowest BCUT2D eigenvalue weighted by atomic mass is 9.76. The van der Waals surface area contributed by atoms with Gasteiger partial charge >= 0.3 is 6.09 Å². The summed E-state index contributed by atoms with van der Waals surface area (Å²) in [5.41, 5.74) is -0.0398. The van der Waals surface area contributed by atoms with Crippen molar-refractivity contribution in [2.24, 2.45) is 11.3 Å². The number of ether oxygens (including phenoxy) is 1. The number of rotatable bonds is 2. The normalized spacial score (nSPS) is 24.4. The zero-order chi connectivity index (χ0) is 15.6. The number of amides is 1. The smallest absolute Gasteiger partial charge is 0.410 e. The van der Waals surface area contributed by atoms with Gasteiger partial charge in [-0.3, -0.25) is 0 Å². The van der Waals surface area contributed by atoms with Gasteiger partial charge in [-0.25, -0.2) is 4.79 Å². The van der Waals surface area contributed by atoms with Crippen LogP contribution in [0.4, 0.5) is 4.79 Å². The summed E-state index contributed by atoms with van der Waals surface area (Å²) in [6.07, 6.45) is 5.81. The molecule has 0 bridgehead atoms. The van der Waals surface area contributed by atoms with Crippen molar-refractivity contribution in [2.75, 3.05) is 7.05 Å². The molecule has 0 aliphatic heterocycles. The van der Waals surface area contributed by atoms with Crippen molar-refractivity contribution < 1.29 is 9.53 Å². The molecule has 0 aromatic rings. The molecule has 0 unspecified atom stereocenters. The zero-order valence-electron chi connectivity index (χ0n) is 14.5. The van der Waals surface area contributed by atoms with Crippen molar-refractivity contribution in [3.8, 4) is 0 Å². The van der Waals surface area contributed by atoms with Crippen LogP contribution in [0.1, 0.15) is 73.6 Å². The van der Waals surface area contributed by atoms with Gasteiger partial charge in [-0.2, -0.15) is 0 Å². The first kappa shape index (κ1) is 17.3. The third kappa shape index (κ3) is 6.15. The molecule has 1 saturated carbocycles. The van der Waals surface area contributed by atoms with Gasteiger partial charge in [0.1, 0.15) is 5.60 Å². The maximum Gasteiger partial charge on any atom is 0.410 e. The van der Waals surface area contributed by atoms with Crippen molar-refractivity contribution in [2.45, 2.75) is 85.3 Å². The first-order valence-electron chi connectivity index (χ1n) is 7.94. The molecule has 118 valence electrons. The Labute approximate surface area is 125 Å². The minimum Gasteiger partial charge on any atom is -0.444 e. The van der Waals surface area contributed by atoms with Crippen molar-refractivity contribution in [1.82, 2.24) is 4.90 Å². The first-order valence-corrected chi connectivity index (χ1v) is 7.94. The minimum absolute atomic E-state index is 0.182. The van der Waals surface area contributed by atoms with Gasteiger partial charge in [0.15, 0.2) is 0 Å².